The highest BCUT2D eigenvalue weighted by atomic mass is 35.5. The van der Waals surface area contributed by atoms with Crippen LogP contribution in [0.15, 0.2) is 66.7 Å². The predicted octanol–water partition coefficient (Wildman–Crippen LogP) is 7.56. The first-order valence-electron chi connectivity index (χ1n) is 16.4. The Bertz CT molecular complexity index is 1510. The molecule has 280 valence electrons. The fraction of sp³-hybridized carbons (Fsp3) is 0.432. The minimum Gasteiger partial charge on any atom is -0.481 e. The van der Waals surface area contributed by atoms with E-state index in [0.717, 1.165) is 39.2 Å². The molecule has 0 bridgehead atoms. The van der Waals surface area contributed by atoms with E-state index in [0.29, 0.717) is 49.7 Å². The van der Waals surface area contributed by atoms with Crippen LogP contribution in [0.4, 0.5) is 16.2 Å². The first-order valence-corrected chi connectivity index (χ1v) is 18.6. The summed E-state index contributed by atoms with van der Waals surface area (Å²) < 4.78 is 10.2. The topological polar surface area (TPSA) is 134 Å². The fourth-order valence-corrected chi connectivity index (χ4v) is 6.08. The van der Waals surface area contributed by atoms with Gasteiger partial charge in [-0.2, -0.15) is 0 Å². The number of hydrogen-bond acceptors (Lipinski definition) is 8. The smallest absolute Gasteiger partial charge is 0.407 e. The zero-order chi connectivity index (χ0) is 37.8. The number of anilines is 2. The highest BCUT2D eigenvalue weighted by molar-refractivity contribution is 6.19. The molecule has 0 saturated heterocycles. The van der Waals surface area contributed by atoms with Crippen molar-refractivity contribution in [3.05, 3.63) is 94.5 Å². The number of esters is 1. The first kappa shape index (κ1) is 43.8. The summed E-state index contributed by atoms with van der Waals surface area (Å²) in [5, 5.41) is 11.7. The molecule has 0 saturated carbocycles. The van der Waals surface area contributed by atoms with E-state index in [-0.39, 0.29) is 19.4 Å². The van der Waals surface area contributed by atoms with Crippen LogP contribution in [0, 0.1) is 13.8 Å². The second kappa shape index (κ2) is 23.9. The summed E-state index contributed by atoms with van der Waals surface area (Å²) in [5.74, 6) is 0.575. The molecule has 4 N–H and O–H groups in total. The van der Waals surface area contributed by atoms with Crippen molar-refractivity contribution in [1.29, 1.82) is 0 Å². The third-order valence-corrected chi connectivity index (χ3v) is 8.62. The minimum absolute atomic E-state index is 0.0216. The van der Waals surface area contributed by atoms with Crippen molar-refractivity contribution < 1.29 is 29.0 Å². The summed E-state index contributed by atoms with van der Waals surface area (Å²) in [6.45, 7) is 6.61. The Morgan fingerprint density at radius 1 is 0.765 bits per heavy atom. The molecular weight excluding hydrogens is 738 g/mol. The number of nitrogens with zero attached hydrogens (tertiary/aromatic N) is 2. The van der Waals surface area contributed by atoms with E-state index in [1.807, 2.05) is 80.6 Å². The molecule has 1 amide bonds. The maximum absolute atomic E-state index is 12.5. The maximum atomic E-state index is 12.5. The van der Waals surface area contributed by atoms with E-state index in [4.69, 9.17) is 66.7 Å². The molecule has 0 radical (unpaired) electrons. The van der Waals surface area contributed by atoms with Crippen LogP contribution in [0.1, 0.15) is 52.7 Å². The van der Waals surface area contributed by atoms with Crippen molar-refractivity contribution in [3.8, 4) is 0 Å². The third-order valence-electron chi connectivity index (χ3n) is 7.95. The Morgan fingerprint density at radius 2 is 1.25 bits per heavy atom. The number of hydrogen-bond donors (Lipinski definition) is 3. The summed E-state index contributed by atoms with van der Waals surface area (Å²) in [5.41, 5.74) is 12.3. The van der Waals surface area contributed by atoms with E-state index in [1.54, 1.807) is 0 Å². The number of alkyl carbamates (subject to hydrolysis) is 1. The number of nitrogens with one attached hydrogen (secondary N) is 1. The molecule has 0 aliphatic rings. The van der Waals surface area contributed by atoms with Gasteiger partial charge in [0.2, 0.25) is 0 Å². The second-order valence-electron chi connectivity index (χ2n) is 11.6. The highest BCUT2D eigenvalue weighted by Gasteiger charge is 2.23. The SMILES string of the molecule is COC(=O)CC(NC(=O)OCc1ccccc1)c1cc(N(CCCl)CCCl)ccc1C.Cc1ccc(N(CCCl)CCCl)cc1C(N)CC(=O)O. The zero-order valence-corrected chi connectivity index (χ0v) is 32.3. The van der Waals surface area contributed by atoms with Gasteiger partial charge in [-0.1, -0.05) is 42.5 Å². The highest BCUT2D eigenvalue weighted by Crippen LogP contribution is 2.28. The predicted molar refractivity (Wildman–Crippen MR) is 208 cm³/mol. The Hall–Kier alpha value is -3.41. The van der Waals surface area contributed by atoms with Gasteiger partial charge < -0.3 is 35.4 Å². The van der Waals surface area contributed by atoms with E-state index in [1.165, 1.54) is 7.11 Å². The molecule has 0 fully saturated rings. The first-order chi connectivity index (χ1) is 24.5. The van der Waals surface area contributed by atoms with Gasteiger partial charge in [0.25, 0.3) is 0 Å². The lowest BCUT2D eigenvalue weighted by Gasteiger charge is -2.26. The minimum atomic E-state index is -0.902. The van der Waals surface area contributed by atoms with Gasteiger partial charge in [-0.15, -0.1) is 46.4 Å². The number of alkyl halides is 4. The largest absolute Gasteiger partial charge is 0.481 e. The van der Waals surface area contributed by atoms with Gasteiger partial charge in [0.15, 0.2) is 0 Å². The molecular formula is C37H48Cl4N4O6. The molecule has 0 aromatic heterocycles. The zero-order valence-electron chi connectivity index (χ0n) is 29.3. The number of aryl methyl sites for hydroxylation is 2. The van der Waals surface area contributed by atoms with Crippen molar-refractivity contribution in [2.75, 3.05) is 66.6 Å². The lowest BCUT2D eigenvalue weighted by molar-refractivity contribution is -0.141. The number of nitrogens with two attached hydrogens (primary N) is 1. The molecule has 0 aliphatic carbocycles. The van der Waals surface area contributed by atoms with Gasteiger partial charge in [0.05, 0.1) is 26.0 Å². The van der Waals surface area contributed by atoms with Crippen LogP contribution in [-0.2, 0) is 25.7 Å². The van der Waals surface area contributed by atoms with Gasteiger partial charge in [-0.05, 0) is 65.9 Å². The number of rotatable bonds is 19. The summed E-state index contributed by atoms with van der Waals surface area (Å²) >= 11 is 23.5. The van der Waals surface area contributed by atoms with Crippen LogP contribution in [-0.4, -0.2) is 79.9 Å². The summed E-state index contributed by atoms with van der Waals surface area (Å²) in [6.07, 6.45) is -0.720. The molecule has 2 atom stereocenters. The standard InChI is InChI=1S/C23H28Cl2N2O4.C14H20Cl2N2O2/c1-17-8-9-19(27(12-10-24)13-11-25)14-20(17)21(15-22(28)30-2)26-23(29)31-16-18-6-4-3-5-7-18;1-10-2-3-11(18(6-4-15)7-5-16)8-12(10)13(17)9-14(19)20/h3-9,14,21H,10-13,15-16H2,1-2H3,(H,26,29);2-3,8,13H,4-7,9,17H2,1H3,(H,19,20). The van der Waals surface area contributed by atoms with Gasteiger partial charge in [0.1, 0.15) is 6.61 Å². The van der Waals surface area contributed by atoms with Crippen LogP contribution in [0.5, 0.6) is 0 Å². The summed E-state index contributed by atoms with van der Waals surface area (Å²) in [4.78, 5) is 39.4. The number of ether oxygens (including phenoxy) is 2. The lowest BCUT2D eigenvalue weighted by Crippen LogP contribution is -2.32. The molecule has 14 heteroatoms. The van der Waals surface area contributed by atoms with Gasteiger partial charge in [0, 0.05) is 67.1 Å². The number of halogens is 4. The van der Waals surface area contributed by atoms with Crippen molar-refractivity contribution in [2.45, 2.75) is 45.4 Å². The van der Waals surface area contributed by atoms with Gasteiger partial charge in [-0.3, -0.25) is 9.59 Å². The Morgan fingerprint density at radius 3 is 1.73 bits per heavy atom. The van der Waals surface area contributed by atoms with Crippen LogP contribution in [0.2, 0.25) is 0 Å². The fourth-order valence-electron chi connectivity index (χ4n) is 5.27. The monoisotopic (exact) mass is 784 g/mol. The Kier molecular flexibility index (Phi) is 20.5. The number of aliphatic carboxylic acids is 1. The van der Waals surface area contributed by atoms with E-state index in [2.05, 4.69) is 15.1 Å². The van der Waals surface area contributed by atoms with Crippen LogP contribution < -0.4 is 20.9 Å². The van der Waals surface area contributed by atoms with Crippen molar-refractivity contribution >= 4 is 75.8 Å². The van der Waals surface area contributed by atoms with Crippen molar-refractivity contribution in [3.63, 3.8) is 0 Å². The van der Waals surface area contributed by atoms with Crippen LogP contribution in [0.3, 0.4) is 0 Å². The van der Waals surface area contributed by atoms with E-state index >= 15 is 0 Å². The Labute approximate surface area is 321 Å². The van der Waals surface area contributed by atoms with Crippen LogP contribution >= 0.6 is 46.4 Å². The van der Waals surface area contributed by atoms with Gasteiger partial charge in [-0.25, -0.2) is 4.79 Å². The molecule has 10 nitrogen and oxygen atoms in total. The molecule has 3 aromatic carbocycles. The number of amides is 1. The molecule has 3 aromatic rings. The number of carboxylic acids is 1. The molecule has 0 spiro atoms. The normalized spacial score (nSPS) is 11.8. The number of carboxylic acid groups (broad SMARTS) is 1. The molecule has 3 rings (SSSR count). The number of carbonyl (C=O) groups is 3. The van der Waals surface area contributed by atoms with Gasteiger partial charge >= 0.3 is 18.0 Å². The number of benzene rings is 3. The second-order valence-corrected chi connectivity index (χ2v) is 13.1. The Balaban J connectivity index is 0.000000389. The molecule has 51 heavy (non-hydrogen) atoms. The van der Waals surface area contributed by atoms with Crippen molar-refractivity contribution in [1.82, 2.24) is 5.32 Å². The van der Waals surface area contributed by atoms with Crippen molar-refractivity contribution in [2.24, 2.45) is 5.73 Å². The maximum Gasteiger partial charge on any atom is 0.407 e. The molecule has 0 aliphatic heterocycles. The van der Waals surface area contributed by atoms with E-state index in [9.17, 15) is 14.4 Å². The number of carbonyl (C=O) groups excluding carboxylic acids is 2. The average Bonchev–Trinajstić information content (AvgIpc) is 3.11. The quantitative estimate of drug-likeness (QED) is 0.0832. The number of methoxy groups -OCH3 is 1. The average molecular weight is 787 g/mol. The molecule has 2 unspecified atom stereocenters. The summed E-state index contributed by atoms with van der Waals surface area (Å²) in [7, 11) is 1.32. The molecule has 0 heterocycles. The third kappa shape index (κ3) is 15.4. The van der Waals surface area contributed by atoms with E-state index < -0.39 is 30.1 Å². The van der Waals surface area contributed by atoms with Crippen LogP contribution in [0.25, 0.3) is 0 Å². The summed E-state index contributed by atoms with van der Waals surface area (Å²) in [6, 6.07) is 20.0. The lowest BCUT2D eigenvalue weighted by atomic mass is 9.97.